The number of hydrogen-bond acceptors (Lipinski definition) is 6. The molecule has 3 N–H and O–H groups in total. The molecule has 0 radical (unpaired) electrons. The minimum absolute atomic E-state index is 0.217. The number of hydrazone groups is 1. The zero-order valence-corrected chi connectivity index (χ0v) is 14.8. The fraction of sp³-hybridized carbons (Fsp3) is 0.0556. The highest BCUT2D eigenvalue weighted by atomic mass is 19.4. The fourth-order valence-corrected chi connectivity index (χ4v) is 2.44. The van der Waals surface area contributed by atoms with E-state index in [4.69, 9.17) is 0 Å². The van der Waals surface area contributed by atoms with Gasteiger partial charge < -0.3 is 5.11 Å². The molecule has 0 aliphatic heterocycles. The molecule has 9 nitrogen and oxygen atoms in total. The first-order valence-corrected chi connectivity index (χ1v) is 8.18. The van der Waals surface area contributed by atoms with Gasteiger partial charge in [-0.3, -0.25) is 19.6 Å². The summed E-state index contributed by atoms with van der Waals surface area (Å²) in [7, 11) is 0. The second kappa shape index (κ2) is 8.03. The minimum atomic E-state index is -4.68. The molecule has 0 aliphatic carbocycles. The number of benzene rings is 1. The average Bonchev–Trinajstić information content (AvgIpc) is 2.70. The number of carbonyl (C=O) groups excluding carboxylic acids is 1. The van der Waals surface area contributed by atoms with Crippen molar-refractivity contribution in [3.63, 3.8) is 0 Å². The normalized spacial score (nSPS) is 11.6. The summed E-state index contributed by atoms with van der Waals surface area (Å²) in [5, 5.41) is 13.9. The molecule has 1 amide bonds. The largest absolute Gasteiger partial charge is 0.493 e. The molecule has 0 bridgehead atoms. The van der Waals surface area contributed by atoms with Crippen LogP contribution in [0, 0.1) is 0 Å². The lowest BCUT2D eigenvalue weighted by Gasteiger charge is -2.12. The molecular weight excluding hydrogens is 407 g/mol. The number of nitrogens with zero attached hydrogens (tertiary/aromatic N) is 3. The maximum atomic E-state index is 12.9. The number of aromatic hydroxyl groups is 1. The van der Waals surface area contributed by atoms with Crippen LogP contribution in [0.2, 0.25) is 0 Å². The SMILES string of the molecule is O=C(N/N=C/c1c(O)n(-c2cccc(C(F)(F)F)c2)c(=O)[nH]c1=O)c1ccncc1. The second-order valence-electron chi connectivity index (χ2n) is 5.82. The van der Waals surface area contributed by atoms with Crippen LogP contribution in [0.15, 0.2) is 63.5 Å². The first kappa shape index (κ1) is 20.5. The van der Waals surface area contributed by atoms with Gasteiger partial charge in [0.2, 0.25) is 5.88 Å². The van der Waals surface area contributed by atoms with Crippen molar-refractivity contribution in [1.29, 1.82) is 0 Å². The minimum Gasteiger partial charge on any atom is -0.493 e. The van der Waals surface area contributed by atoms with Crippen molar-refractivity contribution in [3.8, 4) is 11.6 Å². The van der Waals surface area contributed by atoms with E-state index in [1.165, 1.54) is 24.5 Å². The fourth-order valence-electron chi connectivity index (χ4n) is 2.44. The number of aromatic nitrogens is 3. The van der Waals surface area contributed by atoms with E-state index in [1.807, 2.05) is 4.98 Å². The molecule has 2 aromatic heterocycles. The van der Waals surface area contributed by atoms with Crippen LogP contribution in [-0.4, -0.2) is 31.8 Å². The van der Waals surface area contributed by atoms with E-state index in [9.17, 15) is 32.7 Å². The highest BCUT2D eigenvalue weighted by Crippen LogP contribution is 2.30. The third-order valence-electron chi connectivity index (χ3n) is 3.85. The van der Waals surface area contributed by atoms with Gasteiger partial charge in [-0.05, 0) is 30.3 Å². The molecular formula is C18H12F3N5O4. The summed E-state index contributed by atoms with van der Waals surface area (Å²) < 4.78 is 39.3. The van der Waals surface area contributed by atoms with Crippen molar-refractivity contribution in [3.05, 3.63) is 86.3 Å². The maximum Gasteiger partial charge on any atom is 0.416 e. The van der Waals surface area contributed by atoms with Crippen LogP contribution < -0.4 is 16.7 Å². The van der Waals surface area contributed by atoms with E-state index in [1.54, 1.807) is 0 Å². The molecule has 0 aliphatic rings. The van der Waals surface area contributed by atoms with Crippen molar-refractivity contribution in [2.75, 3.05) is 0 Å². The predicted molar refractivity (Wildman–Crippen MR) is 98.6 cm³/mol. The van der Waals surface area contributed by atoms with Crippen molar-refractivity contribution >= 4 is 12.1 Å². The summed E-state index contributed by atoms with van der Waals surface area (Å²) in [5.41, 5.74) is -1.83. The van der Waals surface area contributed by atoms with Gasteiger partial charge >= 0.3 is 11.9 Å². The number of H-pyrrole nitrogens is 1. The Morgan fingerprint density at radius 1 is 1.20 bits per heavy atom. The van der Waals surface area contributed by atoms with E-state index >= 15 is 0 Å². The van der Waals surface area contributed by atoms with Gasteiger partial charge in [0.25, 0.3) is 11.5 Å². The Hall–Kier alpha value is -4.22. The smallest absolute Gasteiger partial charge is 0.416 e. The summed E-state index contributed by atoms with van der Waals surface area (Å²) in [5.74, 6) is -1.60. The second-order valence-corrected chi connectivity index (χ2v) is 5.82. The van der Waals surface area contributed by atoms with E-state index in [2.05, 4.69) is 15.5 Å². The number of alkyl halides is 3. The van der Waals surface area contributed by atoms with Gasteiger partial charge in [-0.25, -0.2) is 14.8 Å². The summed E-state index contributed by atoms with van der Waals surface area (Å²) >= 11 is 0. The Kier molecular flexibility index (Phi) is 5.49. The molecule has 0 saturated carbocycles. The van der Waals surface area contributed by atoms with Crippen molar-refractivity contribution in [2.24, 2.45) is 5.10 Å². The lowest BCUT2D eigenvalue weighted by Crippen LogP contribution is -2.31. The summed E-state index contributed by atoms with van der Waals surface area (Å²) in [6.45, 7) is 0. The van der Waals surface area contributed by atoms with Gasteiger partial charge in [0, 0.05) is 18.0 Å². The Labute approximate surface area is 165 Å². The number of amides is 1. The van der Waals surface area contributed by atoms with Gasteiger partial charge in [-0.1, -0.05) is 6.07 Å². The van der Waals surface area contributed by atoms with E-state index < -0.39 is 40.3 Å². The zero-order chi connectivity index (χ0) is 21.9. The summed E-state index contributed by atoms with van der Waals surface area (Å²) in [4.78, 5) is 41.6. The van der Waals surface area contributed by atoms with Crippen LogP contribution in [0.3, 0.4) is 0 Å². The molecule has 3 aromatic rings. The van der Waals surface area contributed by atoms with Gasteiger partial charge in [-0.2, -0.15) is 18.3 Å². The number of hydrogen-bond donors (Lipinski definition) is 3. The Morgan fingerprint density at radius 2 is 1.90 bits per heavy atom. The number of nitrogens with one attached hydrogen (secondary N) is 2. The molecule has 0 unspecified atom stereocenters. The van der Waals surface area contributed by atoms with E-state index in [-0.39, 0.29) is 11.3 Å². The van der Waals surface area contributed by atoms with Gasteiger partial charge in [-0.15, -0.1) is 0 Å². The van der Waals surface area contributed by atoms with E-state index in [0.717, 1.165) is 24.4 Å². The monoisotopic (exact) mass is 419 g/mol. The predicted octanol–water partition coefficient (Wildman–Crippen LogP) is 1.41. The molecule has 12 heteroatoms. The topological polar surface area (TPSA) is 129 Å². The Bertz CT molecular complexity index is 1230. The number of carbonyl (C=O) groups is 1. The third kappa shape index (κ3) is 4.27. The highest BCUT2D eigenvalue weighted by molar-refractivity contribution is 5.94. The lowest BCUT2D eigenvalue weighted by atomic mass is 10.2. The van der Waals surface area contributed by atoms with Crippen molar-refractivity contribution in [2.45, 2.75) is 6.18 Å². The molecule has 0 atom stereocenters. The Balaban J connectivity index is 1.97. The Morgan fingerprint density at radius 3 is 2.57 bits per heavy atom. The molecule has 0 spiro atoms. The first-order valence-electron chi connectivity index (χ1n) is 8.18. The van der Waals surface area contributed by atoms with Crippen LogP contribution in [0.4, 0.5) is 13.2 Å². The zero-order valence-electron chi connectivity index (χ0n) is 14.8. The number of aromatic amines is 1. The van der Waals surface area contributed by atoms with Gasteiger partial charge in [0.1, 0.15) is 5.56 Å². The average molecular weight is 419 g/mol. The molecule has 30 heavy (non-hydrogen) atoms. The van der Waals surface area contributed by atoms with Crippen LogP contribution >= 0.6 is 0 Å². The molecule has 1 aromatic carbocycles. The first-order chi connectivity index (χ1) is 14.2. The van der Waals surface area contributed by atoms with E-state index in [0.29, 0.717) is 10.6 Å². The molecule has 3 rings (SSSR count). The van der Waals surface area contributed by atoms with Crippen LogP contribution in [-0.2, 0) is 6.18 Å². The summed E-state index contributed by atoms with van der Waals surface area (Å²) in [6, 6.07) is 6.41. The maximum absolute atomic E-state index is 12.9. The molecule has 0 fully saturated rings. The lowest BCUT2D eigenvalue weighted by molar-refractivity contribution is -0.137. The van der Waals surface area contributed by atoms with Crippen molar-refractivity contribution in [1.82, 2.24) is 20.0 Å². The molecule has 154 valence electrons. The van der Waals surface area contributed by atoms with Gasteiger partial charge in [0.05, 0.1) is 17.5 Å². The molecule has 2 heterocycles. The van der Waals surface area contributed by atoms with Gasteiger partial charge in [0.15, 0.2) is 0 Å². The highest BCUT2D eigenvalue weighted by Gasteiger charge is 2.31. The standard InChI is InChI=1S/C18H12F3N5O4/c19-18(20,21)11-2-1-3-12(8-11)26-16(29)13(15(28)24-17(26)30)9-23-25-14(27)10-4-6-22-7-5-10/h1-9,29H,(H,25,27)(H,24,28,30)/b23-9+. The summed E-state index contributed by atoms with van der Waals surface area (Å²) in [6.07, 6.45) is -1.17. The molecule has 0 saturated heterocycles. The van der Waals surface area contributed by atoms with Crippen LogP contribution in [0.1, 0.15) is 21.5 Å². The number of halogens is 3. The van der Waals surface area contributed by atoms with Crippen molar-refractivity contribution < 1.29 is 23.1 Å². The van der Waals surface area contributed by atoms with Crippen LogP contribution in [0.5, 0.6) is 5.88 Å². The quantitative estimate of drug-likeness (QED) is 0.435. The third-order valence-corrected chi connectivity index (χ3v) is 3.85. The number of rotatable bonds is 4. The van der Waals surface area contributed by atoms with Crippen LogP contribution in [0.25, 0.3) is 5.69 Å². The number of pyridine rings is 1.